The van der Waals surface area contributed by atoms with Gasteiger partial charge in [-0.3, -0.25) is 0 Å². The Bertz CT molecular complexity index is 614. The fraction of sp³-hybridized carbons (Fsp3) is 0.214. The molecule has 0 amide bonds. The first-order valence-electron chi connectivity index (χ1n) is 6.05. The van der Waals surface area contributed by atoms with Gasteiger partial charge in [0.1, 0.15) is 0 Å². The minimum Gasteiger partial charge on any atom is -0.478 e. The Labute approximate surface area is 118 Å². The lowest BCUT2D eigenvalue weighted by Crippen LogP contribution is -2.12. The van der Waals surface area contributed by atoms with E-state index in [-0.39, 0.29) is 11.7 Å². The van der Waals surface area contributed by atoms with Crippen molar-refractivity contribution >= 4 is 23.0 Å². The van der Waals surface area contributed by atoms with Crippen molar-refractivity contribution in [2.75, 3.05) is 5.32 Å². The lowest BCUT2D eigenvalue weighted by Gasteiger charge is -2.18. The topological polar surface area (TPSA) is 49.3 Å². The van der Waals surface area contributed by atoms with Crippen LogP contribution in [-0.2, 0) is 0 Å². The summed E-state index contributed by atoms with van der Waals surface area (Å²) in [6, 6.07) is 5.96. The van der Waals surface area contributed by atoms with Crippen molar-refractivity contribution < 1.29 is 18.7 Å². The Morgan fingerprint density at radius 3 is 2.65 bits per heavy atom. The maximum absolute atomic E-state index is 13.9. The summed E-state index contributed by atoms with van der Waals surface area (Å²) in [5.41, 5.74) is -0.704. The number of nitrogens with one attached hydrogen (secondary N) is 1. The fourth-order valence-corrected chi connectivity index (χ4v) is 2.74. The summed E-state index contributed by atoms with van der Waals surface area (Å²) < 4.78 is 27.5. The van der Waals surface area contributed by atoms with Crippen molar-refractivity contribution in [2.24, 2.45) is 0 Å². The first-order chi connectivity index (χ1) is 9.54. The number of rotatable bonds is 5. The second-order valence-electron chi connectivity index (χ2n) is 4.21. The third-order valence-electron chi connectivity index (χ3n) is 2.94. The van der Waals surface area contributed by atoms with E-state index in [1.54, 1.807) is 0 Å². The van der Waals surface area contributed by atoms with Gasteiger partial charge < -0.3 is 10.4 Å². The van der Waals surface area contributed by atoms with Gasteiger partial charge in [0.15, 0.2) is 11.6 Å². The first kappa shape index (κ1) is 14.5. The molecule has 0 aliphatic rings. The number of thiophene rings is 1. The molecule has 1 aromatic carbocycles. The summed E-state index contributed by atoms with van der Waals surface area (Å²) in [6.07, 6.45) is 0.697. The molecule has 3 nitrogen and oxygen atoms in total. The van der Waals surface area contributed by atoms with Gasteiger partial charge in [-0.1, -0.05) is 13.0 Å². The SMILES string of the molecule is CCC(Nc1ccc(C(=O)O)c(F)c1F)c1cccs1. The second kappa shape index (κ2) is 6.00. The molecule has 0 aliphatic carbocycles. The van der Waals surface area contributed by atoms with Crippen molar-refractivity contribution in [3.63, 3.8) is 0 Å². The molecule has 0 saturated heterocycles. The van der Waals surface area contributed by atoms with Crippen LogP contribution in [0, 0.1) is 11.6 Å². The lowest BCUT2D eigenvalue weighted by atomic mass is 10.1. The Morgan fingerprint density at radius 1 is 1.35 bits per heavy atom. The molecular weight excluding hydrogens is 284 g/mol. The molecule has 1 heterocycles. The number of hydrogen-bond acceptors (Lipinski definition) is 3. The summed E-state index contributed by atoms with van der Waals surface area (Å²) in [5.74, 6) is -4.00. The summed E-state index contributed by atoms with van der Waals surface area (Å²) in [4.78, 5) is 11.7. The summed E-state index contributed by atoms with van der Waals surface area (Å²) in [7, 11) is 0. The quantitative estimate of drug-likeness (QED) is 0.865. The van der Waals surface area contributed by atoms with E-state index in [0.29, 0.717) is 6.42 Å². The van der Waals surface area contributed by atoms with Gasteiger partial charge in [-0.05, 0) is 30.0 Å². The second-order valence-corrected chi connectivity index (χ2v) is 5.19. The lowest BCUT2D eigenvalue weighted by molar-refractivity contribution is 0.0690. The predicted molar refractivity (Wildman–Crippen MR) is 74.3 cm³/mol. The smallest absolute Gasteiger partial charge is 0.338 e. The highest BCUT2D eigenvalue weighted by molar-refractivity contribution is 7.10. The molecular formula is C14H13F2NO2S. The van der Waals surface area contributed by atoms with Crippen LogP contribution in [0.15, 0.2) is 29.6 Å². The number of aromatic carboxylic acids is 1. The van der Waals surface area contributed by atoms with Gasteiger partial charge in [0.25, 0.3) is 0 Å². The number of carboxylic acid groups (broad SMARTS) is 1. The standard InChI is InChI=1S/C14H13F2NO2S/c1-2-9(11-4-3-7-20-11)17-10-6-5-8(14(18)19)12(15)13(10)16/h3-7,9,17H,2H2,1H3,(H,18,19). The molecule has 0 spiro atoms. The van der Waals surface area contributed by atoms with Gasteiger partial charge in [0, 0.05) is 4.88 Å². The Kier molecular flexibility index (Phi) is 4.34. The van der Waals surface area contributed by atoms with Crippen LogP contribution in [0.5, 0.6) is 0 Å². The van der Waals surface area contributed by atoms with E-state index >= 15 is 0 Å². The molecule has 0 radical (unpaired) electrons. The van der Waals surface area contributed by atoms with E-state index in [9.17, 15) is 13.6 Å². The molecule has 0 bridgehead atoms. The highest BCUT2D eigenvalue weighted by Crippen LogP contribution is 2.29. The van der Waals surface area contributed by atoms with E-state index in [4.69, 9.17) is 5.11 Å². The average molecular weight is 297 g/mol. The van der Waals surface area contributed by atoms with Crippen LogP contribution in [0.3, 0.4) is 0 Å². The summed E-state index contributed by atoms with van der Waals surface area (Å²) in [6.45, 7) is 1.93. The maximum Gasteiger partial charge on any atom is 0.338 e. The van der Waals surface area contributed by atoms with E-state index in [1.165, 1.54) is 17.4 Å². The van der Waals surface area contributed by atoms with Crippen LogP contribution >= 0.6 is 11.3 Å². The maximum atomic E-state index is 13.9. The molecule has 2 aromatic rings. The Balaban J connectivity index is 2.30. The summed E-state index contributed by atoms with van der Waals surface area (Å²) >= 11 is 1.52. The van der Waals surface area contributed by atoms with Gasteiger partial charge in [0.2, 0.25) is 0 Å². The van der Waals surface area contributed by atoms with Gasteiger partial charge in [-0.15, -0.1) is 11.3 Å². The molecule has 2 N–H and O–H groups in total. The van der Waals surface area contributed by atoms with E-state index in [0.717, 1.165) is 10.9 Å². The highest BCUT2D eigenvalue weighted by Gasteiger charge is 2.20. The molecule has 0 fully saturated rings. The number of carbonyl (C=O) groups is 1. The van der Waals surface area contributed by atoms with Crippen LogP contribution in [0.25, 0.3) is 0 Å². The first-order valence-corrected chi connectivity index (χ1v) is 6.93. The van der Waals surface area contributed by atoms with Crippen molar-refractivity contribution in [3.8, 4) is 0 Å². The molecule has 1 atom stereocenters. The van der Waals surface area contributed by atoms with Crippen molar-refractivity contribution in [2.45, 2.75) is 19.4 Å². The van der Waals surface area contributed by atoms with Crippen LogP contribution < -0.4 is 5.32 Å². The van der Waals surface area contributed by atoms with Crippen LogP contribution in [0.2, 0.25) is 0 Å². The summed E-state index contributed by atoms with van der Waals surface area (Å²) in [5, 5.41) is 13.5. The van der Waals surface area contributed by atoms with Crippen LogP contribution in [-0.4, -0.2) is 11.1 Å². The van der Waals surface area contributed by atoms with E-state index in [2.05, 4.69) is 5.32 Å². The fourth-order valence-electron chi connectivity index (χ4n) is 1.88. The molecule has 1 aromatic heterocycles. The number of anilines is 1. The Hall–Kier alpha value is -1.95. The van der Waals surface area contributed by atoms with Crippen molar-refractivity contribution in [3.05, 3.63) is 51.7 Å². The zero-order chi connectivity index (χ0) is 14.7. The minimum atomic E-state index is -1.49. The molecule has 2 rings (SSSR count). The number of carboxylic acids is 1. The molecule has 6 heteroatoms. The van der Waals surface area contributed by atoms with Gasteiger partial charge >= 0.3 is 5.97 Å². The monoisotopic (exact) mass is 297 g/mol. The molecule has 0 saturated carbocycles. The molecule has 0 aliphatic heterocycles. The van der Waals surface area contributed by atoms with Gasteiger partial charge in [-0.2, -0.15) is 0 Å². The Morgan fingerprint density at radius 2 is 2.10 bits per heavy atom. The van der Waals surface area contributed by atoms with Crippen LogP contribution in [0.1, 0.15) is 34.6 Å². The molecule has 20 heavy (non-hydrogen) atoms. The third-order valence-corrected chi connectivity index (χ3v) is 3.92. The highest BCUT2D eigenvalue weighted by atomic mass is 32.1. The third kappa shape index (κ3) is 2.80. The minimum absolute atomic E-state index is 0.0345. The zero-order valence-corrected chi connectivity index (χ0v) is 11.5. The van der Waals surface area contributed by atoms with E-state index < -0.39 is 23.2 Å². The normalized spacial score (nSPS) is 12.2. The largest absolute Gasteiger partial charge is 0.478 e. The van der Waals surface area contributed by atoms with Crippen molar-refractivity contribution in [1.29, 1.82) is 0 Å². The zero-order valence-electron chi connectivity index (χ0n) is 10.7. The number of halogens is 2. The average Bonchev–Trinajstić information content (AvgIpc) is 2.94. The van der Waals surface area contributed by atoms with Gasteiger partial charge in [0.05, 0.1) is 17.3 Å². The van der Waals surface area contributed by atoms with E-state index in [1.807, 2.05) is 24.4 Å². The van der Waals surface area contributed by atoms with Crippen LogP contribution in [0.4, 0.5) is 14.5 Å². The molecule has 1 unspecified atom stereocenters. The molecule has 106 valence electrons. The number of hydrogen-bond donors (Lipinski definition) is 2. The predicted octanol–water partition coefficient (Wildman–Crippen LogP) is 4.29. The van der Waals surface area contributed by atoms with Crippen molar-refractivity contribution in [1.82, 2.24) is 0 Å². The number of benzene rings is 1. The van der Waals surface area contributed by atoms with Gasteiger partial charge in [-0.25, -0.2) is 13.6 Å².